The number of hydrogen-bond acceptors (Lipinski definition) is 5. The lowest BCUT2D eigenvalue weighted by molar-refractivity contribution is -0.114. The highest BCUT2D eigenvalue weighted by molar-refractivity contribution is 8.25. The van der Waals surface area contributed by atoms with Gasteiger partial charge >= 0.3 is 0 Å². The zero-order valence-electron chi connectivity index (χ0n) is 15.4. The minimum absolute atomic E-state index is 0.0218. The highest BCUT2D eigenvalue weighted by Gasteiger charge is 2.32. The number of amides is 1. The maximum atomic E-state index is 12.4. The lowest BCUT2D eigenvalue weighted by atomic mass is 10.1. The van der Waals surface area contributed by atoms with Gasteiger partial charge in [-0.1, -0.05) is 11.6 Å². The number of nitrogens with zero attached hydrogens (tertiary/aromatic N) is 4. The van der Waals surface area contributed by atoms with Gasteiger partial charge in [-0.3, -0.25) is 10.2 Å². The maximum Gasteiger partial charge on any atom is 0.283 e. The standard InChI is InChI=1S/C19H16ClN5O2S/c1-10-6-12(7-14-17(21)25-19(23-18(14)26)28-9-22-25)11(2)24(10)13-4-5-16(27-3)15(20)8-13/h4-9,21H,1-3H3. The molecule has 0 fully saturated rings. The Morgan fingerprint density at radius 3 is 2.79 bits per heavy atom. The monoisotopic (exact) mass is 413 g/mol. The Hall–Kier alpha value is -2.84. The van der Waals surface area contributed by atoms with E-state index in [1.807, 2.05) is 42.7 Å². The molecule has 3 heterocycles. The van der Waals surface area contributed by atoms with Gasteiger partial charge < -0.3 is 9.30 Å². The Labute approximate surface area is 170 Å². The molecule has 2 aliphatic rings. The lowest BCUT2D eigenvalue weighted by Gasteiger charge is -2.20. The highest BCUT2D eigenvalue weighted by Crippen LogP contribution is 2.31. The summed E-state index contributed by atoms with van der Waals surface area (Å²) >= 11 is 7.50. The summed E-state index contributed by atoms with van der Waals surface area (Å²) in [6.07, 6.45) is 1.69. The van der Waals surface area contributed by atoms with Gasteiger partial charge in [0.2, 0.25) is 0 Å². The van der Waals surface area contributed by atoms with Crippen molar-refractivity contribution in [2.75, 3.05) is 7.11 Å². The molecule has 0 unspecified atom stereocenters. The van der Waals surface area contributed by atoms with E-state index in [0.717, 1.165) is 22.6 Å². The van der Waals surface area contributed by atoms with Gasteiger partial charge in [0.15, 0.2) is 11.0 Å². The van der Waals surface area contributed by atoms with E-state index in [2.05, 4.69) is 10.1 Å². The van der Waals surface area contributed by atoms with Gasteiger partial charge in [-0.2, -0.15) is 15.1 Å². The number of thioether (sulfide) groups is 1. The molecule has 1 aromatic carbocycles. The summed E-state index contributed by atoms with van der Waals surface area (Å²) in [5.41, 5.74) is 5.36. The number of methoxy groups -OCH3 is 1. The number of halogens is 1. The number of rotatable bonds is 3. The van der Waals surface area contributed by atoms with Crippen LogP contribution in [0.2, 0.25) is 5.02 Å². The van der Waals surface area contributed by atoms with E-state index in [4.69, 9.17) is 21.7 Å². The fraction of sp³-hybridized carbons (Fsp3) is 0.158. The van der Waals surface area contributed by atoms with E-state index in [1.165, 1.54) is 16.8 Å². The molecular formula is C19H16ClN5O2S. The predicted molar refractivity (Wildman–Crippen MR) is 113 cm³/mol. The Bertz CT molecular complexity index is 1120. The van der Waals surface area contributed by atoms with Gasteiger partial charge in [-0.25, -0.2) is 0 Å². The van der Waals surface area contributed by atoms with Crippen LogP contribution in [0.4, 0.5) is 0 Å². The first-order chi connectivity index (χ1) is 13.4. The number of aryl methyl sites for hydroxylation is 1. The van der Waals surface area contributed by atoms with Gasteiger partial charge in [-0.15, -0.1) is 0 Å². The molecule has 0 aliphatic carbocycles. The van der Waals surface area contributed by atoms with Crippen molar-refractivity contribution in [2.24, 2.45) is 10.1 Å². The third-order valence-corrected chi connectivity index (χ3v) is 5.53. The van der Waals surface area contributed by atoms with Gasteiger partial charge in [0, 0.05) is 17.1 Å². The van der Waals surface area contributed by atoms with Crippen molar-refractivity contribution in [2.45, 2.75) is 13.8 Å². The molecule has 142 valence electrons. The maximum absolute atomic E-state index is 12.4. The van der Waals surface area contributed by atoms with Crippen LogP contribution in [-0.2, 0) is 4.79 Å². The second kappa shape index (κ2) is 6.96. The molecule has 1 N–H and O–H groups in total. The zero-order chi connectivity index (χ0) is 20.0. The number of ether oxygens (including phenoxy) is 1. The number of nitrogens with one attached hydrogen (secondary N) is 1. The molecule has 0 spiro atoms. The van der Waals surface area contributed by atoms with Crippen molar-refractivity contribution in [3.8, 4) is 11.4 Å². The summed E-state index contributed by atoms with van der Waals surface area (Å²) in [7, 11) is 1.57. The number of carbonyl (C=O) groups is 1. The van der Waals surface area contributed by atoms with Crippen LogP contribution in [0.1, 0.15) is 17.0 Å². The van der Waals surface area contributed by atoms with Crippen molar-refractivity contribution in [1.29, 1.82) is 5.41 Å². The number of hydrazone groups is 1. The van der Waals surface area contributed by atoms with Crippen molar-refractivity contribution in [1.82, 2.24) is 9.58 Å². The van der Waals surface area contributed by atoms with Crippen LogP contribution in [0, 0.1) is 19.3 Å². The average molecular weight is 414 g/mol. The Morgan fingerprint density at radius 2 is 2.07 bits per heavy atom. The molecule has 0 atom stereocenters. The fourth-order valence-electron chi connectivity index (χ4n) is 3.22. The quantitative estimate of drug-likeness (QED) is 0.771. The van der Waals surface area contributed by atoms with Gasteiger partial charge in [0.25, 0.3) is 5.91 Å². The van der Waals surface area contributed by atoms with Crippen LogP contribution in [0.3, 0.4) is 0 Å². The van der Waals surface area contributed by atoms with Crippen LogP contribution >= 0.6 is 23.4 Å². The second-order valence-electron chi connectivity index (χ2n) is 6.24. The highest BCUT2D eigenvalue weighted by atomic mass is 35.5. The second-order valence-corrected chi connectivity index (χ2v) is 7.46. The van der Waals surface area contributed by atoms with Gasteiger partial charge in [0.1, 0.15) is 5.75 Å². The number of amidine groups is 2. The third kappa shape index (κ3) is 2.94. The molecule has 1 amide bonds. The van der Waals surface area contributed by atoms with Crippen molar-refractivity contribution in [3.63, 3.8) is 0 Å². The van der Waals surface area contributed by atoms with Crippen LogP contribution in [0.5, 0.6) is 5.75 Å². The van der Waals surface area contributed by atoms with Crippen molar-refractivity contribution >= 4 is 51.9 Å². The summed E-state index contributed by atoms with van der Waals surface area (Å²) in [6, 6.07) is 7.52. The van der Waals surface area contributed by atoms with E-state index < -0.39 is 5.91 Å². The van der Waals surface area contributed by atoms with Crippen LogP contribution in [-0.4, -0.2) is 39.1 Å². The van der Waals surface area contributed by atoms with E-state index in [-0.39, 0.29) is 11.4 Å². The molecule has 28 heavy (non-hydrogen) atoms. The Balaban J connectivity index is 1.77. The summed E-state index contributed by atoms with van der Waals surface area (Å²) in [5.74, 6) is 0.189. The Kier molecular flexibility index (Phi) is 4.60. The predicted octanol–water partition coefficient (Wildman–Crippen LogP) is 4.01. The molecular weight excluding hydrogens is 398 g/mol. The molecule has 4 rings (SSSR count). The van der Waals surface area contributed by atoms with E-state index in [9.17, 15) is 4.79 Å². The average Bonchev–Trinajstić information content (AvgIpc) is 3.23. The van der Waals surface area contributed by atoms with E-state index in [0.29, 0.717) is 15.9 Å². The van der Waals surface area contributed by atoms with Crippen molar-refractivity contribution < 1.29 is 9.53 Å². The number of aliphatic imine (C=N–C) groups is 1. The van der Waals surface area contributed by atoms with Crippen LogP contribution < -0.4 is 4.74 Å². The van der Waals surface area contributed by atoms with E-state index >= 15 is 0 Å². The molecule has 9 heteroatoms. The smallest absolute Gasteiger partial charge is 0.283 e. The van der Waals surface area contributed by atoms with Crippen LogP contribution in [0.25, 0.3) is 11.8 Å². The van der Waals surface area contributed by atoms with Gasteiger partial charge in [-0.05, 0) is 61.5 Å². The van der Waals surface area contributed by atoms with E-state index in [1.54, 1.807) is 18.7 Å². The fourth-order valence-corrected chi connectivity index (χ4v) is 4.08. The summed E-state index contributed by atoms with van der Waals surface area (Å²) < 4.78 is 7.25. The molecule has 2 aromatic rings. The SMILES string of the molecule is COc1ccc(-n2c(C)cc(C=C3C(=N)N4N=CSC4=NC3=O)c2C)cc1Cl. The molecule has 2 aliphatic heterocycles. The molecule has 7 nitrogen and oxygen atoms in total. The molecule has 0 saturated heterocycles. The first-order valence-corrected chi connectivity index (χ1v) is 9.62. The first-order valence-electron chi connectivity index (χ1n) is 8.36. The number of aromatic nitrogens is 1. The largest absolute Gasteiger partial charge is 0.495 e. The minimum Gasteiger partial charge on any atom is -0.495 e. The number of carbonyl (C=O) groups excluding carboxylic acids is 1. The number of fused-ring (bicyclic) bond motifs is 1. The normalized spacial score (nSPS) is 17.4. The lowest BCUT2D eigenvalue weighted by Crippen LogP contribution is -2.35. The topological polar surface area (TPSA) is 83.0 Å². The molecule has 0 radical (unpaired) electrons. The number of benzene rings is 1. The van der Waals surface area contributed by atoms with Crippen LogP contribution in [0.15, 0.2) is 39.9 Å². The first kappa shape index (κ1) is 18.5. The Morgan fingerprint density at radius 1 is 1.29 bits per heavy atom. The minimum atomic E-state index is -0.438. The summed E-state index contributed by atoms with van der Waals surface area (Å²) in [4.78, 5) is 16.4. The third-order valence-electron chi connectivity index (χ3n) is 4.56. The molecule has 0 saturated carbocycles. The van der Waals surface area contributed by atoms with Crippen molar-refractivity contribution in [3.05, 3.63) is 51.8 Å². The zero-order valence-corrected chi connectivity index (χ0v) is 16.9. The molecule has 0 bridgehead atoms. The molecule has 1 aromatic heterocycles. The summed E-state index contributed by atoms with van der Waals surface area (Å²) in [6.45, 7) is 3.92. The van der Waals surface area contributed by atoms with Gasteiger partial charge in [0.05, 0.1) is 23.3 Å². The summed E-state index contributed by atoms with van der Waals surface area (Å²) in [5, 5.41) is 14.7. The number of hydrogen-bond donors (Lipinski definition) is 1.